The minimum atomic E-state index is -4.95. The van der Waals surface area contributed by atoms with E-state index in [1.165, 1.54) is 180 Å². The van der Waals surface area contributed by atoms with Crippen LogP contribution in [0.4, 0.5) is 0 Å². The molecule has 19 heteroatoms. The van der Waals surface area contributed by atoms with Crippen molar-refractivity contribution in [1.82, 2.24) is 0 Å². The van der Waals surface area contributed by atoms with Gasteiger partial charge in [-0.1, -0.05) is 317 Å². The zero-order chi connectivity index (χ0) is 66.3. The van der Waals surface area contributed by atoms with Crippen molar-refractivity contribution in [3.05, 3.63) is 0 Å². The average Bonchev–Trinajstić information content (AvgIpc) is 3.68. The number of carbonyl (C=O) groups excluding carboxylic acids is 4. The number of hydrogen-bond donors (Lipinski definition) is 3. The van der Waals surface area contributed by atoms with Gasteiger partial charge in [0.2, 0.25) is 0 Å². The molecule has 3 N–H and O–H groups in total. The van der Waals surface area contributed by atoms with E-state index in [4.69, 9.17) is 37.0 Å². The highest BCUT2D eigenvalue weighted by molar-refractivity contribution is 7.47. The molecule has 534 valence electrons. The Morgan fingerprint density at radius 2 is 0.511 bits per heavy atom. The lowest BCUT2D eigenvalue weighted by Gasteiger charge is -2.21. The molecule has 2 unspecified atom stereocenters. The highest BCUT2D eigenvalue weighted by Crippen LogP contribution is 2.45. The first-order valence-corrected chi connectivity index (χ1v) is 40.1. The van der Waals surface area contributed by atoms with Gasteiger partial charge in [-0.15, -0.1) is 0 Å². The van der Waals surface area contributed by atoms with Crippen LogP contribution >= 0.6 is 15.6 Å². The van der Waals surface area contributed by atoms with Crippen LogP contribution in [0, 0.1) is 5.92 Å². The van der Waals surface area contributed by atoms with Gasteiger partial charge in [-0.05, 0) is 31.6 Å². The minimum Gasteiger partial charge on any atom is -0.462 e. The van der Waals surface area contributed by atoms with Crippen LogP contribution in [0.5, 0.6) is 0 Å². The van der Waals surface area contributed by atoms with E-state index in [1.807, 2.05) is 0 Å². The molecule has 0 aromatic carbocycles. The molecule has 0 aliphatic heterocycles. The summed E-state index contributed by atoms with van der Waals surface area (Å²) in [5, 5.41) is 10.6. The van der Waals surface area contributed by atoms with Gasteiger partial charge in [0, 0.05) is 25.7 Å². The highest BCUT2D eigenvalue weighted by atomic mass is 31.2. The molecular weight excluding hydrogens is 1190 g/mol. The number of aliphatic hydroxyl groups is 1. The van der Waals surface area contributed by atoms with Crippen LogP contribution in [-0.4, -0.2) is 96.7 Å². The van der Waals surface area contributed by atoms with Crippen LogP contribution in [0.25, 0.3) is 0 Å². The summed E-state index contributed by atoms with van der Waals surface area (Å²) in [6.45, 7) is 7.23. The molecule has 0 rings (SSSR count). The number of carbonyl (C=O) groups is 4. The van der Waals surface area contributed by atoms with Crippen molar-refractivity contribution in [1.29, 1.82) is 0 Å². The number of unbranched alkanes of at least 4 members (excludes halogenated alkanes) is 43. The molecule has 0 aliphatic rings. The van der Waals surface area contributed by atoms with E-state index in [-0.39, 0.29) is 25.7 Å². The SMILES string of the molecule is CCCCCCCCCCCCCCCCCCC(=O)O[C@H](COC(=O)CCCCCCCCCCCCCCC(C)C)COP(=O)(O)OC[C@@H](O)COP(=O)(O)OC[C@@H](COC(=O)CCCCCCCCC)OC(=O)CCCCCCCCCCCCCC. The van der Waals surface area contributed by atoms with Crippen molar-refractivity contribution in [2.75, 3.05) is 39.6 Å². The molecule has 0 fully saturated rings. The number of rotatable bonds is 71. The maximum absolute atomic E-state index is 13.0. The van der Waals surface area contributed by atoms with Gasteiger partial charge >= 0.3 is 39.5 Å². The fourth-order valence-electron chi connectivity index (χ4n) is 10.8. The Kier molecular flexibility index (Phi) is 63.0. The molecule has 0 saturated carbocycles. The first-order valence-electron chi connectivity index (χ1n) is 37.1. The van der Waals surface area contributed by atoms with E-state index in [0.29, 0.717) is 25.7 Å². The fourth-order valence-corrected chi connectivity index (χ4v) is 12.4. The Hall–Kier alpha value is -1.94. The van der Waals surface area contributed by atoms with E-state index >= 15 is 0 Å². The molecule has 0 bridgehead atoms. The van der Waals surface area contributed by atoms with Gasteiger partial charge in [0.25, 0.3) is 0 Å². The Morgan fingerprint density at radius 3 is 0.756 bits per heavy atom. The van der Waals surface area contributed by atoms with Crippen LogP contribution in [-0.2, 0) is 65.4 Å². The lowest BCUT2D eigenvalue weighted by molar-refractivity contribution is -0.161. The maximum Gasteiger partial charge on any atom is 0.472 e. The summed E-state index contributed by atoms with van der Waals surface area (Å²) in [6.07, 6.45) is 51.3. The van der Waals surface area contributed by atoms with E-state index < -0.39 is 97.5 Å². The molecule has 0 saturated heterocycles. The molecule has 17 nitrogen and oxygen atoms in total. The van der Waals surface area contributed by atoms with Gasteiger partial charge < -0.3 is 33.8 Å². The van der Waals surface area contributed by atoms with Crippen LogP contribution in [0.2, 0.25) is 0 Å². The quantitative estimate of drug-likeness (QED) is 0.0222. The van der Waals surface area contributed by atoms with Crippen LogP contribution < -0.4 is 0 Å². The fraction of sp³-hybridized carbons (Fsp3) is 0.944. The Bertz CT molecular complexity index is 1740. The molecule has 0 aliphatic carbocycles. The molecule has 0 amide bonds. The highest BCUT2D eigenvalue weighted by Gasteiger charge is 2.30. The number of aliphatic hydroxyl groups excluding tert-OH is 1. The smallest absolute Gasteiger partial charge is 0.462 e. The lowest BCUT2D eigenvalue weighted by Crippen LogP contribution is -2.30. The predicted molar refractivity (Wildman–Crippen MR) is 363 cm³/mol. The Balaban J connectivity index is 5.20. The second-order valence-electron chi connectivity index (χ2n) is 26.1. The number of ether oxygens (including phenoxy) is 4. The summed E-state index contributed by atoms with van der Waals surface area (Å²) in [4.78, 5) is 72.5. The predicted octanol–water partition coefficient (Wildman–Crippen LogP) is 20.5. The third-order valence-corrected chi connectivity index (χ3v) is 18.4. The van der Waals surface area contributed by atoms with E-state index in [2.05, 4.69) is 34.6 Å². The van der Waals surface area contributed by atoms with Crippen molar-refractivity contribution in [3.8, 4) is 0 Å². The van der Waals surface area contributed by atoms with E-state index in [0.717, 1.165) is 109 Å². The molecule has 0 radical (unpaired) electrons. The molecule has 5 atom stereocenters. The van der Waals surface area contributed by atoms with Crippen LogP contribution in [0.15, 0.2) is 0 Å². The van der Waals surface area contributed by atoms with Gasteiger partial charge in [-0.25, -0.2) is 9.13 Å². The van der Waals surface area contributed by atoms with Crippen LogP contribution in [0.1, 0.15) is 369 Å². The first-order chi connectivity index (χ1) is 43.5. The van der Waals surface area contributed by atoms with E-state index in [1.54, 1.807) is 0 Å². The third-order valence-electron chi connectivity index (χ3n) is 16.5. The summed E-state index contributed by atoms with van der Waals surface area (Å²) >= 11 is 0. The van der Waals surface area contributed by atoms with Crippen LogP contribution in [0.3, 0.4) is 0 Å². The summed E-state index contributed by atoms with van der Waals surface area (Å²) in [5.74, 6) is -1.34. The van der Waals surface area contributed by atoms with Crippen molar-refractivity contribution in [2.45, 2.75) is 387 Å². The van der Waals surface area contributed by atoms with Crippen molar-refractivity contribution in [2.24, 2.45) is 5.92 Å². The lowest BCUT2D eigenvalue weighted by atomic mass is 10.0. The number of phosphoric acid groups is 2. The largest absolute Gasteiger partial charge is 0.472 e. The molecule has 0 spiro atoms. The number of phosphoric ester groups is 2. The standard InChI is InChI=1S/C71H138O17P2/c1-6-9-12-15-18-20-22-24-25-26-27-33-37-42-47-52-57-71(76)88-67(61-82-69(74)55-50-45-40-35-32-29-28-30-34-39-43-48-53-64(4)5)63-86-90(79,80)84-59-65(72)58-83-89(77,78)85-62-66(60-81-68(73)54-49-44-38-17-14-11-8-3)87-70(75)56-51-46-41-36-31-23-21-19-16-13-10-7-2/h64-67,72H,6-63H2,1-5H3,(H,77,78)(H,79,80)/t65-,66+,67+/m0/s1. The summed E-state index contributed by atoms with van der Waals surface area (Å²) in [7, 11) is -9.90. The second-order valence-corrected chi connectivity index (χ2v) is 29.0. The number of hydrogen-bond acceptors (Lipinski definition) is 15. The average molecular weight is 1330 g/mol. The maximum atomic E-state index is 13.0. The Morgan fingerprint density at radius 1 is 0.300 bits per heavy atom. The molecule has 90 heavy (non-hydrogen) atoms. The summed E-state index contributed by atoms with van der Waals surface area (Å²) in [5.41, 5.74) is 0. The van der Waals surface area contributed by atoms with Gasteiger partial charge in [0.15, 0.2) is 12.2 Å². The van der Waals surface area contributed by atoms with Gasteiger partial charge in [0.1, 0.15) is 19.3 Å². The van der Waals surface area contributed by atoms with Gasteiger partial charge in [-0.2, -0.15) is 0 Å². The molecular formula is C71H138O17P2. The second kappa shape index (κ2) is 64.4. The first kappa shape index (κ1) is 88.1. The Labute approximate surface area is 549 Å². The summed E-state index contributed by atoms with van der Waals surface area (Å²) < 4.78 is 68.2. The topological polar surface area (TPSA) is 237 Å². The normalized spacial score (nSPS) is 14.1. The van der Waals surface area contributed by atoms with Crippen molar-refractivity contribution >= 4 is 39.5 Å². The molecule has 0 aromatic heterocycles. The molecule has 0 heterocycles. The van der Waals surface area contributed by atoms with Crippen molar-refractivity contribution in [3.63, 3.8) is 0 Å². The number of esters is 4. The monoisotopic (exact) mass is 1320 g/mol. The zero-order valence-corrected chi connectivity index (χ0v) is 60.1. The van der Waals surface area contributed by atoms with E-state index in [9.17, 15) is 43.2 Å². The molecule has 0 aromatic rings. The third kappa shape index (κ3) is 64.8. The minimum absolute atomic E-state index is 0.107. The van der Waals surface area contributed by atoms with Crippen molar-refractivity contribution < 1.29 is 80.2 Å². The zero-order valence-electron chi connectivity index (χ0n) is 58.3. The van der Waals surface area contributed by atoms with Gasteiger partial charge in [0.05, 0.1) is 26.4 Å². The summed E-state index contributed by atoms with van der Waals surface area (Å²) in [6, 6.07) is 0. The van der Waals surface area contributed by atoms with Gasteiger partial charge in [-0.3, -0.25) is 37.3 Å².